The van der Waals surface area contributed by atoms with Crippen molar-refractivity contribution in [1.82, 2.24) is 0 Å². The summed E-state index contributed by atoms with van der Waals surface area (Å²) in [6.07, 6.45) is 5.99. The van der Waals surface area contributed by atoms with Crippen LogP contribution in [0.2, 0.25) is 0 Å². The van der Waals surface area contributed by atoms with E-state index in [-0.39, 0.29) is 11.9 Å². The summed E-state index contributed by atoms with van der Waals surface area (Å²) in [6.45, 7) is 0. The van der Waals surface area contributed by atoms with Crippen molar-refractivity contribution in [2.24, 2.45) is 17.8 Å². The number of benzene rings is 1. The molecule has 2 bridgehead atoms. The van der Waals surface area contributed by atoms with Gasteiger partial charge in [-0.05, 0) is 84.4 Å². The monoisotopic (exact) mass is 460 g/mol. The van der Waals surface area contributed by atoms with E-state index < -0.39 is 0 Å². The molecule has 5 heteroatoms. The molecular weight excluding hydrogens is 439 g/mol. The van der Waals surface area contributed by atoms with E-state index >= 15 is 0 Å². The van der Waals surface area contributed by atoms with Gasteiger partial charge < -0.3 is 4.74 Å². The molecule has 3 aliphatic rings. The fourth-order valence-electron chi connectivity index (χ4n) is 4.50. The zero-order valence-corrected chi connectivity index (χ0v) is 16.8. The fourth-order valence-corrected chi connectivity index (χ4v) is 8.80. The summed E-state index contributed by atoms with van der Waals surface area (Å²) in [5.74, 6) is 4.74. The lowest BCUT2D eigenvalue weighted by Crippen LogP contribution is -2.48. The number of hydrogen-bond donors (Lipinski definition) is 0. The third-order valence-electron chi connectivity index (χ3n) is 5.49. The quantitative estimate of drug-likeness (QED) is 0.344. The maximum atomic E-state index is 12.6. The Hall–Kier alpha value is 0.120. The first-order valence-corrected chi connectivity index (χ1v) is 11.5. The van der Waals surface area contributed by atoms with Crippen molar-refractivity contribution in [2.45, 2.75) is 36.2 Å². The molecule has 3 fully saturated rings. The molecule has 1 spiro atoms. The molecule has 2 aliphatic carbocycles. The Kier molecular flexibility index (Phi) is 4.89. The number of rotatable bonds is 2. The molecule has 0 N–H and O–H groups in total. The maximum Gasteiger partial charge on any atom is 0.314 e. The van der Waals surface area contributed by atoms with E-state index in [0.29, 0.717) is 21.7 Å². The largest absolute Gasteiger partial charge is 0.426 e. The fraction of sp³-hybridized carbons (Fsp3) is 0.611. The number of esters is 1. The molecule has 1 saturated heterocycles. The second kappa shape index (κ2) is 6.79. The second-order valence-electron chi connectivity index (χ2n) is 6.79. The van der Waals surface area contributed by atoms with Crippen LogP contribution in [0.25, 0.3) is 0 Å². The third kappa shape index (κ3) is 3.17. The lowest BCUT2D eigenvalue weighted by Gasteiger charge is -2.51. The molecule has 2 atom stereocenters. The Morgan fingerprint density at radius 2 is 1.70 bits per heavy atom. The Labute approximate surface area is 160 Å². The molecule has 1 aliphatic heterocycles. The zero-order valence-electron chi connectivity index (χ0n) is 13.0. The van der Waals surface area contributed by atoms with E-state index in [0.717, 1.165) is 16.4 Å². The molecule has 2 saturated carbocycles. The average Bonchev–Trinajstić information content (AvgIpc) is 2.99. The van der Waals surface area contributed by atoms with Crippen LogP contribution in [0, 0.1) is 21.3 Å². The van der Waals surface area contributed by atoms with E-state index in [1.807, 2.05) is 24.3 Å². The Balaban J connectivity index is 1.46. The number of carbonyl (C=O) groups is 1. The lowest BCUT2D eigenvalue weighted by molar-refractivity contribution is -0.141. The smallest absolute Gasteiger partial charge is 0.314 e. The van der Waals surface area contributed by atoms with Crippen molar-refractivity contribution in [2.75, 3.05) is 11.5 Å². The van der Waals surface area contributed by atoms with Crippen LogP contribution in [0.15, 0.2) is 24.3 Å². The number of halogens is 1. The molecule has 1 aromatic carbocycles. The van der Waals surface area contributed by atoms with Crippen molar-refractivity contribution in [3.8, 4) is 5.75 Å². The van der Waals surface area contributed by atoms with Crippen LogP contribution in [0.3, 0.4) is 0 Å². The van der Waals surface area contributed by atoms with Gasteiger partial charge in [-0.1, -0.05) is 6.42 Å². The van der Waals surface area contributed by atoms with E-state index in [4.69, 9.17) is 4.74 Å². The first kappa shape index (κ1) is 16.6. The van der Waals surface area contributed by atoms with E-state index in [2.05, 4.69) is 46.1 Å². The van der Waals surface area contributed by atoms with Crippen LogP contribution in [-0.4, -0.2) is 21.6 Å². The normalized spacial score (nSPS) is 32.0. The van der Waals surface area contributed by atoms with Crippen LogP contribution in [-0.2, 0) is 4.79 Å². The molecule has 4 rings (SSSR count). The lowest BCUT2D eigenvalue weighted by atomic mass is 9.67. The van der Waals surface area contributed by atoms with Crippen molar-refractivity contribution in [3.05, 3.63) is 27.8 Å². The Morgan fingerprint density at radius 3 is 2.30 bits per heavy atom. The highest BCUT2D eigenvalue weighted by Crippen LogP contribution is 2.64. The van der Waals surface area contributed by atoms with Crippen molar-refractivity contribution < 1.29 is 9.53 Å². The van der Waals surface area contributed by atoms with Crippen molar-refractivity contribution in [1.29, 1.82) is 0 Å². The summed E-state index contributed by atoms with van der Waals surface area (Å²) in [5, 5.41) is 0. The average molecular weight is 460 g/mol. The first-order chi connectivity index (χ1) is 11.2. The van der Waals surface area contributed by atoms with Crippen molar-refractivity contribution >= 4 is 52.1 Å². The number of ether oxygens (including phenoxy) is 1. The first-order valence-electron chi connectivity index (χ1n) is 8.42. The summed E-state index contributed by atoms with van der Waals surface area (Å²) < 4.78 is 7.26. The number of hydrogen-bond acceptors (Lipinski definition) is 4. The molecule has 1 aromatic rings. The maximum absolute atomic E-state index is 12.6. The van der Waals surface area contributed by atoms with Gasteiger partial charge in [0.1, 0.15) is 5.75 Å². The van der Waals surface area contributed by atoms with Crippen LogP contribution in [0.5, 0.6) is 5.75 Å². The Bertz CT molecular complexity index is 567. The third-order valence-corrected chi connectivity index (χ3v) is 10.2. The van der Waals surface area contributed by atoms with Gasteiger partial charge in [-0.2, -0.15) is 0 Å². The van der Waals surface area contributed by atoms with Gasteiger partial charge in [-0.3, -0.25) is 4.79 Å². The minimum atomic E-state index is -0.00837. The topological polar surface area (TPSA) is 26.3 Å². The summed E-state index contributed by atoms with van der Waals surface area (Å²) in [5.41, 5.74) is 0. The van der Waals surface area contributed by atoms with Gasteiger partial charge in [0, 0.05) is 15.1 Å². The summed E-state index contributed by atoms with van der Waals surface area (Å²) >= 11 is 6.64. The van der Waals surface area contributed by atoms with Gasteiger partial charge in [0.15, 0.2) is 0 Å². The second-order valence-corrected chi connectivity index (χ2v) is 11.0. The summed E-state index contributed by atoms with van der Waals surface area (Å²) in [7, 11) is 0. The molecule has 1 heterocycles. The zero-order chi connectivity index (χ0) is 15.9. The van der Waals surface area contributed by atoms with E-state index in [9.17, 15) is 4.79 Å². The predicted molar refractivity (Wildman–Crippen MR) is 106 cm³/mol. The summed E-state index contributed by atoms with van der Waals surface area (Å²) in [4.78, 5) is 12.6. The van der Waals surface area contributed by atoms with Crippen molar-refractivity contribution in [3.63, 3.8) is 0 Å². The van der Waals surface area contributed by atoms with Gasteiger partial charge in [0.25, 0.3) is 0 Å². The molecule has 0 radical (unpaired) electrons. The van der Waals surface area contributed by atoms with Gasteiger partial charge in [-0.15, -0.1) is 23.5 Å². The van der Waals surface area contributed by atoms with E-state index in [1.54, 1.807) is 0 Å². The molecule has 23 heavy (non-hydrogen) atoms. The van der Waals surface area contributed by atoms with Gasteiger partial charge >= 0.3 is 5.97 Å². The Morgan fingerprint density at radius 1 is 1.09 bits per heavy atom. The van der Waals surface area contributed by atoms with Gasteiger partial charge in [0.2, 0.25) is 0 Å². The predicted octanol–water partition coefficient (Wildman–Crippen LogP) is 5.20. The van der Waals surface area contributed by atoms with Crippen LogP contribution < -0.4 is 4.74 Å². The minimum Gasteiger partial charge on any atom is -0.426 e. The number of thioether (sulfide) groups is 2. The van der Waals surface area contributed by atoms with Gasteiger partial charge in [0.05, 0.1) is 10.00 Å². The molecule has 2 nitrogen and oxygen atoms in total. The highest BCUT2D eigenvalue weighted by atomic mass is 127. The van der Waals surface area contributed by atoms with Crippen LogP contribution in [0.1, 0.15) is 32.1 Å². The van der Waals surface area contributed by atoms with Crippen LogP contribution in [0.4, 0.5) is 0 Å². The SMILES string of the molecule is O=C(Oc1ccc(I)cc1)C1CC2CCCC(C1)C21SCCS1. The van der Waals surface area contributed by atoms with E-state index in [1.165, 1.54) is 30.8 Å². The standard InChI is InChI=1S/C18H21IO2S2/c19-15-4-6-16(7-5-15)21-17(20)12-10-13-2-1-3-14(11-12)18(13)22-8-9-23-18/h4-7,12-14H,1-3,8-11H2. The highest BCUT2D eigenvalue weighted by molar-refractivity contribution is 14.1. The molecule has 124 valence electrons. The summed E-state index contributed by atoms with van der Waals surface area (Å²) in [6, 6.07) is 7.76. The molecule has 2 unspecified atom stereocenters. The van der Waals surface area contributed by atoms with Crippen LogP contribution >= 0.6 is 46.1 Å². The molecular formula is C18H21IO2S2. The molecule has 0 aromatic heterocycles. The minimum absolute atomic E-state index is 0.00837. The highest BCUT2D eigenvalue weighted by Gasteiger charge is 2.55. The number of carbonyl (C=O) groups excluding carboxylic acids is 1. The van der Waals surface area contributed by atoms with Gasteiger partial charge in [-0.25, -0.2) is 0 Å². The molecule has 0 amide bonds.